The highest BCUT2D eigenvalue weighted by Crippen LogP contribution is 2.24. The van der Waals surface area contributed by atoms with Crippen molar-refractivity contribution in [2.24, 2.45) is 5.92 Å². The molecule has 120 valence electrons. The van der Waals surface area contributed by atoms with E-state index < -0.39 is 11.6 Å². The van der Waals surface area contributed by atoms with E-state index in [4.69, 9.17) is 0 Å². The largest absolute Gasteiger partial charge is 0.354 e. The Hall–Kier alpha value is -1.34. The van der Waals surface area contributed by atoms with Crippen LogP contribution < -0.4 is 16.0 Å². The number of hydrogen-bond donors (Lipinski definition) is 3. The van der Waals surface area contributed by atoms with Gasteiger partial charge in [-0.3, -0.25) is 14.5 Å². The molecule has 0 bridgehead atoms. The summed E-state index contributed by atoms with van der Waals surface area (Å²) in [5.74, 6) is -0.135. The Bertz CT molecular complexity index is 422. The van der Waals surface area contributed by atoms with Crippen LogP contribution in [0.5, 0.6) is 0 Å². The second kappa shape index (κ2) is 7.09. The summed E-state index contributed by atoms with van der Waals surface area (Å²) >= 11 is 0. The molecule has 0 spiro atoms. The van der Waals surface area contributed by atoms with Gasteiger partial charge in [0, 0.05) is 25.6 Å². The Morgan fingerprint density at radius 1 is 1.33 bits per heavy atom. The molecular formula is C13H23ClN4O3. The van der Waals surface area contributed by atoms with Crippen molar-refractivity contribution in [2.45, 2.75) is 32.2 Å². The van der Waals surface area contributed by atoms with Crippen molar-refractivity contribution in [1.82, 2.24) is 20.9 Å². The first-order valence-electron chi connectivity index (χ1n) is 7.14. The molecule has 0 unspecified atom stereocenters. The summed E-state index contributed by atoms with van der Waals surface area (Å²) in [6.07, 6.45) is 1.06. The van der Waals surface area contributed by atoms with Gasteiger partial charge in [0.15, 0.2) is 0 Å². The molecule has 2 aliphatic heterocycles. The first kappa shape index (κ1) is 17.7. The van der Waals surface area contributed by atoms with E-state index in [1.54, 1.807) is 0 Å². The summed E-state index contributed by atoms with van der Waals surface area (Å²) < 4.78 is 0. The average Bonchev–Trinajstić information content (AvgIpc) is 2.61. The Morgan fingerprint density at radius 3 is 2.38 bits per heavy atom. The lowest BCUT2D eigenvalue weighted by Gasteiger charge is -2.27. The molecule has 2 aliphatic rings. The molecule has 7 nitrogen and oxygen atoms in total. The summed E-state index contributed by atoms with van der Waals surface area (Å²) in [6.45, 7) is 5.90. The number of rotatable bonds is 6. The predicted molar refractivity (Wildman–Crippen MR) is 80.2 cm³/mol. The lowest BCUT2D eigenvalue weighted by Crippen LogP contribution is -2.50. The monoisotopic (exact) mass is 318 g/mol. The van der Waals surface area contributed by atoms with Gasteiger partial charge in [0.2, 0.25) is 5.91 Å². The van der Waals surface area contributed by atoms with Crippen LogP contribution in [-0.4, -0.2) is 54.5 Å². The molecule has 0 atom stereocenters. The summed E-state index contributed by atoms with van der Waals surface area (Å²) in [5, 5.41) is 8.59. The second-order valence-electron chi connectivity index (χ2n) is 5.44. The molecule has 0 aromatic heterocycles. The molecule has 0 radical (unpaired) electrons. The van der Waals surface area contributed by atoms with Gasteiger partial charge in [-0.2, -0.15) is 0 Å². The molecule has 2 fully saturated rings. The van der Waals surface area contributed by atoms with E-state index in [9.17, 15) is 14.4 Å². The van der Waals surface area contributed by atoms with E-state index in [2.05, 4.69) is 16.0 Å². The van der Waals surface area contributed by atoms with Crippen molar-refractivity contribution in [3.05, 3.63) is 0 Å². The third kappa shape index (κ3) is 3.47. The van der Waals surface area contributed by atoms with Crippen LogP contribution in [0.1, 0.15) is 26.7 Å². The number of amides is 4. The van der Waals surface area contributed by atoms with Crippen molar-refractivity contribution in [3.8, 4) is 0 Å². The van der Waals surface area contributed by atoms with Crippen LogP contribution in [0.3, 0.4) is 0 Å². The SMILES string of the molecule is CCC1(CC)NC(=O)N(CC(=O)NCC2CNC2)C1=O.Cl. The molecule has 0 saturated carbocycles. The highest BCUT2D eigenvalue weighted by atomic mass is 35.5. The normalized spacial score (nSPS) is 20.6. The fourth-order valence-electron chi connectivity index (χ4n) is 2.50. The van der Waals surface area contributed by atoms with Crippen molar-refractivity contribution < 1.29 is 14.4 Å². The summed E-state index contributed by atoms with van der Waals surface area (Å²) in [6, 6.07) is -0.473. The van der Waals surface area contributed by atoms with E-state index in [1.165, 1.54) is 0 Å². The molecule has 4 amide bonds. The second-order valence-corrected chi connectivity index (χ2v) is 5.44. The standard InChI is InChI=1S/C13H22N4O3.ClH/c1-3-13(4-2)11(19)17(12(20)16-13)8-10(18)15-7-9-5-14-6-9;/h9,14H,3-8H2,1-2H3,(H,15,18)(H,16,20);1H. The van der Waals surface area contributed by atoms with E-state index in [-0.39, 0.29) is 30.8 Å². The molecular weight excluding hydrogens is 296 g/mol. The first-order chi connectivity index (χ1) is 9.52. The molecule has 0 aromatic carbocycles. The number of hydrogen-bond acceptors (Lipinski definition) is 4. The van der Waals surface area contributed by atoms with Gasteiger partial charge in [0.05, 0.1) is 0 Å². The third-order valence-electron chi connectivity index (χ3n) is 4.21. The maximum Gasteiger partial charge on any atom is 0.325 e. The third-order valence-corrected chi connectivity index (χ3v) is 4.21. The van der Waals surface area contributed by atoms with Crippen molar-refractivity contribution in [3.63, 3.8) is 0 Å². The number of nitrogens with one attached hydrogen (secondary N) is 3. The van der Waals surface area contributed by atoms with Crippen LogP contribution in [0.15, 0.2) is 0 Å². The summed E-state index contributed by atoms with van der Waals surface area (Å²) in [5.41, 5.74) is -0.838. The number of urea groups is 1. The van der Waals surface area contributed by atoms with E-state index in [1.807, 2.05) is 13.8 Å². The van der Waals surface area contributed by atoms with E-state index in [0.717, 1.165) is 18.0 Å². The van der Waals surface area contributed by atoms with Crippen LogP contribution in [0, 0.1) is 5.92 Å². The van der Waals surface area contributed by atoms with Gasteiger partial charge in [-0.25, -0.2) is 4.79 Å². The molecule has 2 saturated heterocycles. The van der Waals surface area contributed by atoms with Crippen molar-refractivity contribution in [1.29, 1.82) is 0 Å². The number of halogens is 1. The minimum Gasteiger partial charge on any atom is -0.354 e. The van der Waals surface area contributed by atoms with Gasteiger partial charge in [0.25, 0.3) is 5.91 Å². The molecule has 3 N–H and O–H groups in total. The average molecular weight is 319 g/mol. The number of carbonyl (C=O) groups is 3. The molecule has 21 heavy (non-hydrogen) atoms. The van der Waals surface area contributed by atoms with Crippen molar-refractivity contribution >= 4 is 30.3 Å². The predicted octanol–water partition coefficient (Wildman–Crippen LogP) is -0.146. The minimum absolute atomic E-state index is 0. The van der Waals surface area contributed by atoms with Crippen LogP contribution in [0.2, 0.25) is 0 Å². The van der Waals surface area contributed by atoms with Crippen LogP contribution in [0.4, 0.5) is 4.79 Å². The molecule has 0 aromatic rings. The van der Waals surface area contributed by atoms with Gasteiger partial charge in [0.1, 0.15) is 12.1 Å². The molecule has 0 aliphatic carbocycles. The minimum atomic E-state index is -0.838. The maximum atomic E-state index is 12.3. The fourth-order valence-corrected chi connectivity index (χ4v) is 2.50. The Morgan fingerprint density at radius 2 is 1.95 bits per heavy atom. The summed E-state index contributed by atoms with van der Waals surface area (Å²) in [7, 11) is 0. The van der Waals surface area contributed by atoms with Gasteiger partial charge < -0.3 is 16.0 Å². The smallest absolute Gasteiger partial charge is 0.325 e. The zero-order valence-electron chi connectivity index (χ0n) is 12.4. The Balaban J connectivity index is 0.00000220. The first-order valence-corrected chi connectivity index (χ1v) is 7.14. The van der Waals surface area contributed by atoms with Gasteiger partial charge in [-0.05, 0) is 12.8 Å². The van der Waals surface area contributed by atoms with Gasteiger partial charge >= 0.3 is 6.03 Å². The zero-order valence-corrected chi connectivity index (χ0v) is 13.2. The number of nitrogens with zero attached hydrogens (tertiary/aromatic N) is 1. The lowest BCUT2D eigenvalue weighted by molar-refractivity contribution is -0.135. The highest BCUT2D eigenvalue weighted by Gasteiger charge is 2.49. The van der Waals surface area contributed by atoms with Crippen LogP contribution >= 0.6 is 12.4 Å². The molecule has 8 heteroatoms. The van der Waals surface area contributed by atoms with Crippen molar-refractivity contribution in [2.75, 3.05) is 26.2 Å². The Kier molecular flexibility index (Phi) is 5.98. The lowest BCUT2D eigenvalue weighted by atomic mass is 9.93. The van der Waals surface area contributed by atoms with Crippen LogP contribution in [-0.2, 0) is 9.59 Å². The van der Waals surface area contributed by atoms with Gasteiger partial charge in [-0.1, -0.05) is 13.8 Å². The highest BCUT2D eigenvalue weighted by molar-refractivity contribution is 6.08. The number of carbonyl (C=O) groups excluding carboxylic acids is 3. The zero-order chi connectivity index (χ0) is 14.8. The van der Waals surface area contributed by atoms with Crippen LogP contribution in [0.25, 0.3) is 0 Å². The van der Waals surface area contributed by atoms with Gasteiger partial charge in [-0.15, -0.1) is 12.4 Å². The summed E-state index contributed by atoms with van der Waals surface area (Å²) in [4.78, 5) is 37.0. The Labute approximate surface area is 130 Å². The fraction of sp³-hybridized carbons (Fsp3) is 0.769. The molecule has 2 heterocycles. The maximum absolute atomic E-state index is 12.3. The molecule has 2 rings (SSSR count). The quantitative estimate of drug-likeness (QED) is 0.594. The van der Waals surface area contributed by atoms with E-state index >= 15 is 0 Å². The number of imide groups is 1. The van der Waals surface area contributed by atoms with E-state index in [0.29, 0.717) is 25.3 Å². The topological polar surface area (TPSA) is 90.5 Å².